The minimum absolute atomic E-state index is 0.0360. The van der Waals surface area contributed by atoms with Crippen molar-refractivity contribution in [1.82, 2.24) is 20.4 Å². The highest BCUT2D eigenvalue weighted by Crippen LogP contribution is 2.46. The molecule has 4 aliphatic rings. The molecule has 4 amide bonds. The topological polar surface area (TPSA) is 144 Å². The van der Waals surface area contributed by atoms with Crippen LogP contribution in [-0.4, -0.2) is 82.2 Å². The van der Waals surface area contributed by atoms with E-state index in [1.807, 2.05) is 36.4 Å². The number of fused-ring (bicyclic) bond motifs is 3. The zero-order chi connectivity index (χ0) is 33.1. The van der Waals surface area contributed by atoms with Crippen LogP contribution in [0.2, 0.25) is 0 Å². The average molecular weight is 639 g/mol. The quantitative estimate of drug-likeness (QED) is 0.287. The predicted molar refractivity (Wildman–Crippen MR) is 167 cm³/mol. The SMILES string of the molecule is CCOC(=O)[C@@]12C[C@H]1/C=C\CCCCC[C@H](NC(=O)OC(C)(C)C)C(=O)N1C[C@H](OC(=O)N3Cc4ccccc4C3)C[C@H]1C(=O)N2. The third-order valence-electron chi connectivity index (χ3n) is 8.94. The summed E-state index contributed by atoms with van der Waals surface area (Å²) in [7, 11) is 0. The maximum Gasteiger partial charge on any atom is 0.410 e. The first kappa shape index (κ1) is 33.3. The Labute approximate surface area is 270 Å². The summed E-state index contributed by atoms with van der Waals surface area (Å²) >= 11 is 0. The summed E-state index contributed by atoms with van der Waals surface area (Å²) < 4.78 is 16.7. The van der Waals surface area contributed by atoms with E-state index in [0.717, 1.165) is 30.4 Å². The molecule has 46 heavy (non-hydrogen) atoms. The summed E-state index contributed by atoms with van der Waals surface area (Å²) in [6.07, 6.45) is 5.85. The number of amides is 4. The molecule has 2 N–H and O–H groups in total. The summed E-state index contributed by atoms with van der Waals surface area (Å²) in [6.45, 7) is 7.87. The molecule has 0 unspecified atom stereocenters. The van der Waals surface area contributed by atoms with Gasteiger partial charge in [-0.15, -0.1) is 0 Å². The van der Waals surface area contributed by atoms with Gasteiger partial charge in [-0.05, 0) is 64.5 Å². The van der Waals surface area contributed by atoms with Crippen molar-refractivity contribution in [3.05, 3.63) is 47.5 Å². The monoisotopic (exact) mass is 638 g/mol. The highest BCUT2D eigenvalue weighted by molar-refractivity contribution is 5.96. The second-order valence-electron chi connectivity index (χ2n) is 13.6. The van der Waals surface area contributed by atoms with Gasteiger partial charge in [0, 0.05) is 25.4 Å². The van der Waals surface area contributed by atoms with E-state index < -0.39 is 59.3 Å². The number of esters is 1. The first-order chi connectivity index (χ1) is 21.9. The molecule has 3 heterocycles. The molecule has 1 aromatic rings. The van der Waals surface area contributed by atoms with Crippen LogP contribution in [0, 0.1) is 5.92 Å². The van der Waals surface area contributed by atoms with Crippen LogP contribution in [0.4, 0.5) is 9.59 Å². The standard InChI is InChI=1S/C34H46N4O8/c1-5-44-30(41)34-18-24(34)15-9-7-6-8-10-16-26(35-31(42)46-33(2,3)4)29(40)38-21-25(17-27(38)28(39)36-34)45-32(43)37-19-22-13-11-12-14-23(22)20-37/h9,11-15,24-27H,5-8,10,16-21H2,1-4H3,(H,35,42)(H,36,39)/b15-9-/t24-,25-,26+,27+,34-/m1/s1. The molecule has 5 atom stereocenters. The minimum atomic E-state index is -1.22. The minimum Gasteiger partial charge on any atom is -0.464 e. The number of carbonyl (C=O) groups is 5. The van der Waals surface area contributed by atoms with E-state index in [4.69, 9.17) is 14.2 Å². The van der Waals surface area contributed by atoms with Crippen molar-refractivity contribution in [3.8, 4) is 0 Å². The highest BCUT2D eigenvalue weighted by atomic mass is 16.6. The van der Waals surface area contributed by atoms with Crippen LogP contribution < -0.4 is 10.6 Å². The van der Waals surface area contributed by atoms with Crippen LogP contribution in [0.25, 0.3) is 0 Å². The van der Waals surface area contributed by atoms with Gasteiger partial charge in [0.1, 0.15) is 29.3 Å². The molecule has 0 spiro atoms. The number of hydrogen-bond acceptors (Lipinski definition) is 8. The third kappa shape index (κ3) is 7.64. The van der Waals surface area contributed by atoms with Crippen molar-refractivity contribution >= 4 is 30.0 Å². The fourth-order valence-electron chi connectivity index (χ4n) is 6.52. The van der Waals surface area contributed by atoms with Gasteiger partial charge in [0.05, 0.1) is 13.2 Å². The maximum atomic E-state index is 14.2. The molecule has 0 bridgehead atoms. The molecule has 0 radical (unpaired) electrons. The Bertz CT molecular complexity index is 1350. The van der Waals surface area contributed by atoms with Gasteiger partial charge >= 0.3 is 18.2 Å². The lowest BCUT2D eigenvalue weighted by atomic mass is 10.0. The number of carbonyl (C=O) groups excluding carboxylic acids is 5. The van der Waals surface area contributed by atoms with Gasteiger partial charge in [-0.2, -0.15) is 0 Å². The highest BCUT2D eigenvalue weighted by Gasteiger charge is 2.62. The van der Waals surface area contributed by atoms with Crippen LogP contribution >= 0.6 is 0 Å². The second-order valence-corrected chi connectivity index (χ2v) is 13.6. The number of hydrogen-bond donors (Lipinski definition) is 2. The number of allylic oxidation sites excluding steroid dienone is 1. The van der Waals surface area contributed by atoms with Crippen molar-refractivity contribution in [2.24, 2.45) is 5.92 Å². The van der Waals surface area contributed by atoms with E-state index in [0.29, 0.717) is 32.4 Å². The molecule has 1 aromatic carbocycles. The zero-order valence-corrected chi connectivity index (χ0v) is 27.2. The Morgan fingerprint density at radius 1 is 1.07 bits per heavy atom. The van der Waals surface area contributed by atoms with Gasteiger partial charge in [0.25, 0.3) is 0 Å². The van der Waals surface area contributed by atoms with Gasteiger partial charge in [0.15, 0.2) is 0 Å². The van der Waals surface area contributed by atoms with Gasteiger partial charge in [-0.3, -0.25) is 14.5 Å². The van der Waals surface area contributed by atoms with E-state index in [1.54, 1.807) is 32.6 Å². The molecule has 12 nitrogen and oxygen atoms in total. The smallest absolute Gasteiger partial charge is 0.410 e. The summed E-state index contributed by atoms with van der Waals surface area (Å²) in [5.41, 5.74) is 0.0948. The Kier molecular flexibility index (Phi) is 9.93. The van der Waals surface area contributed by atoms with Gasteiger partial charge < -0.3 is 29.7 Å². The number of rotatable bonds is 4. The molecular formula is C34H46N4O8. The van der Waals surface area contributed by atoms with E-state index in [1.165, 1.54) is 4.90 Å². The number of nitrogens with zero attached hydrogens (tertiary/aromatic N) is 2. The first-order valence-electron chi connectivity index (χ1n) is 16.4. The molecule has 5 rings (SSSR count). The fourth-order valence-corrected chi connectivity index (χ4v) is 6.52. The van der Waals surface area contributed by atoms with Crippen molar-refractivity contribution in [2.75, 3.05) is 13.2 Å². The maximum absolute atomic E-state index is 14.2. The molecule has 2 fully saturated rings. The Balaban J connectivity index is 1.38. The summed E-state index contributed by atoms with van der Waals surface area (Å²) in [5, 5.41) is 5.65. The van der Waals surface area contributed by atoms with Gasteiger partial charge in [-0.25, -0.2) is 14.4 Å². The summed E-state index contributed by atoms with van der Waals surface area (Å²) in [6, 6.07) is 5.79. The number of nitrogens with one attached hydrogen (secondary N) is 2. The van der Waals surface area contributed by atoms with Gasteiger partial charge in [0.2, 0.25) is 11.8 Å². The first-order valence-corrected chi connectivity index (χ1v) is 16.4. The lowest BCUT2D eigenvalue weighted by Gasteiger charge is -2.30. The molecule has 12 heteroatoms. The zero-order valence-electron chi connectivity index (χ0n) is 27.2. The van der Waals surface area contributed by atoms with Crippen LogP contribution in [-0.2, 0) is 41.7 Å². The Morgan fingerprint density at radius 3 is 2.46 bits per heavy atom. The lowest BCUT2D eigenvalue weighted by Crippen LogP contribution is -2.56. The third-order valence-corrected chi connectivity index (χ3v) is 8.94. The fraction of sp³-hybridized carbons (Fsp3) is 0.618. The molecule has 3 aliphatic heterocycles. The van der Waals surface area contributed by atoms with Crippen LogP contribution in [0.3, 0.4) is 0 Å². The molecule has 1 saturated carbocycles. The normalized spacial score (nSPS) is 28.8. The summed E-state index contributed by atoms with van der Waals surface area (Å²) in [4.78, 5) is 70.3. The van der Waals surface area contributed by atoms with E-state index in [-0.39, 0.29) is 25.5 Å². The lowest BCUT2D eigenvalue weighted by molar-refractivity contribution is -0.150. The van der Waals surface area contributed by atoms with Crippen molar-refractivity contribution in [3.63, 3.8) is 0 Å². The van der Waals surface area contributed by atoms with E-state index in [9.17, 15) is 24.0 Å². The van der Waals surface area contributed by atoms with Crippen molar-refractivity contribution in [2.45, 2.75) is 115 Å². The molecule has 250 valence electrons. The van der Waals surface area contributed by atoms with Crippen LogP contribution in [0.15, 0.2) is 36.4 Å². The summed E-state index contributed by atoms with van der Waals surface area (Å²) in [5.74, 6) is -1.74. The van der Waals surface area contributed by atoms with Crippen molar-refractivity contribution in [1.29, 1.82) is 0 Å². The number of benzene rings is 1. The predicted octanol–water partition coefficient (Wildman–Crippen LogP) is 3.96. The van der Waals surface area contributed by atoms with E-state index in [2.05, 4.69) is 10.6 Å². The molecular weight excluding hydrogens is 592 g/mol. The van der Waals surface area contributed by atoms with Crippen LogP contribution in [0.5, 0.6) is 0 Å². The Hall–Kier alpha value is -4.09. The van der Waals surface area contributed by atoms with E-state index >= 15 is 0 Å². The molecule has 1 saturated heterocycles. The number of alkyl carbamates (subject to hydrolysis) is 1. The molecule has 1 aliphatic carbocycles. The molecule has 0 aromatic heterocycles. The largest absolute Gasteiger partial charge is 0.464 e. The van der Waals surface area contributed by atoms with Crippen molar-refractivity contribution < 1.29 is 38.2 Å². The van der Waals surface area contributed by atoms with Crippen LogP contribution in [0.1, 0.15) is 83.8 Å². The second kappa shape index (κ2) is 13.7. The average Bonchev–Trinajstić information content (AvgIpc) is 3.31. The number of ether oxygens (including phenoxy) is 3. The Morgan fingerprint density at radius 2 is 1.78 bits per heavy atom. The van der Waals surface area contributed by atoms with Gasteiger partial charge in [-0.1, -0.05) is 49.3 Å².